The summed E-state index contributed by atoms with van der Waals surface area (Å²) in [4.78, 5) is 3.09. The maximum absolute atomic E-state index is 9.49. The van der Waals surface area contributed by atoms with Gasteiger partial charge in [-0.15, -0.1) is 0 Å². The maximum atomic E-state index is 9.49. The molecule has 4 N–H and O–H groups in total. The van der Waals surface area contributed by atoms with E-state index in [-0.39, 0.29) is 11.8 Å². The summed E-state index contributed by atoms with van der Waals surface area (Å²) in [5.41, 5.74) is 7.42. The predicted molar refractivity (Wildman–Crippen MR) is 52.6 cm³/mol. The van der Waals surface area contributed by atoms with Crippen LogP contribution in [-0.2, 0) is 0 Å². The summed E-state index contributed by atoms with van der Waals surface area (Å²) in [6, 6.07) is 7.34. The van der Waals surface area contributed by atoms with Crippen molar-refractivity contribution in [3.63, 3.8) is 0 Å². The number of phenolic OH excluding ortho intramolecular Hbond substituents is 1. The number of hydrogen-bond acceptors (Lipinski definition) is 2. The maximum Gasteiger partial charge on any atom is 0.139 e. The van der Waals surface area contributed by atoms with Gasteiger partial charge in [0.2, 0.25) is 0 Å². The Labute approximate surface area is 76.2 Å². The molecule has 3 nitrogen and oxygen atoms in total. The van der Waals surface area contributed by atoms with Crippen molar-refractivity contribution in [3.05, 3.63) is 30.0 Å². The molecule has 0 saturated heterocycles. The van der Waals surface area contributed by atoms with E-state index in [0.29, 0.717) is 0 Å². The molecule has 0 fully saturated rings. The minimum Gasteiger partial charge on any atom is -0.506 e. The van der Waals surface area contributed by atoms with Crippen LogP contribution < -0.4 is 5.73 Å². The summed E-state index contributed by atoms with van der Waals surface area (Å²) in [6.45, 7) is 1.90. The van der Waals surface area contributed by atoms with Crippen LogP contribution in [0.15, 0.2) is 24.3 Å². The number of benzene rings is 1. The lowest BCUT2D eigenvalue weighted by atomic mass is 10.2. The highest BCUT2D eigenvalue weighted by molar-refractivity contribution is 5.85. The van der Waals surface area contributed by atoms with E-state index < -0.39 is 0 Å². The predicted octanol–water partition coefficient (Wildman–Crippen LogP) is 1.89. The van der Waals surface area contributed by atoms with Crippen LogP contribution in [-0.4, -0.2) is 10.1 Å². The van der Waals surface area contributed by atoms with E-state index in [9.17, 15) is 5.11 Å². The van der Waals surface area contributed by atoms with E-state index in [4.69, 9.17) is 5.73 Å². The minimum atomic E-state index is -0.0354. The van der Waals surface area contributed by atoms with Crippen LogP contribution in [0.2, 0.25) is 0 Å². The molecular weight excluding hydrogens is 164 g/mol. The molecule has 2 rings (SSSR count). The van der Waals surface area contributed by atoms with Gasteiger partial charge in [-0.2, -0.15) is 0 Å². The third kappa shape index (κ3) is 1.27. The molecule has 13 heavy (non-hydrogen) atoms. The first-order chi connectivity index (χ1) is 6.18. The van der Waals surface area contributed by atoms with Gasteiger partial charge in [-0.1, -0.05) is 12.1 Å². The average molecular weight is 176 g/mol. The van der Waals surface area contributed by atoms with Gasteiger partial charge in [0.1, 0.15) is 5.75 Å². The normalized spacial score (nSPS) is 13.4. The van der Waals surface area contributed by atoms with Crippen LogP contribution in [0.25, 0.3) is 10.9 Å². The van der Waals surface area contributed by atoms with Gasteiger partial charge in [0, 0.05) is 17.1 Å². The fourth-order valence-corrected chi connectivity index (χ4v) is 1.41. The monoisotopic (exact) mass is 176 g/mol. The molecule has 1 aromatic heterocycles. The Bertz CT molecular complexity index is 431. The van der Waals surface area contributed by atoms with Crippen molar-refractivity contribution in [2.75, 3.05) is 0 Å². The first-order valence-corrected chi connectivity index (χ1v) is 4.24. The molecule has 1 aromatic carbocycles. The van der Waals surface area contributed by atoms with E-state index >= 15 is 0 Å². The largest absolute Gasteiger partial charge is 0.506 e. The number of aromatic amines is 1. The molecule has 0 aliphatic rings. The Morgan fingerprint density at radius 1 is 1.46 bits per heavy atom. The second-order valence-corrected chi connectivity index (χ2v) is 3.25. The van der Waals surface area contributed by atoms with Crippen molar-refractivity contribution in [2.24, 2.45) is 5.73 Å². The van der Waals surface area contributed by atoms with Crippen LogP contribution in [0, 0.1) is 0 Å². The van der Waals surface area contributed by atoms with E-state index in [1.165, 1.54) is 0 Å². The number of nitrogens with two attached hydrogens (primary N) is 1. The quantitative estimate of drug-likeness (QED) is 0.621. The van der Waals surface area contributed by atoms with Crippen molar-refractivity contribution in [2.45, 2.75) is 13.0 Å². The summed E-state index contributed by atoms with van der Waals surface area (Å²) < 4.78 is 0. The molecular formula is C10H12N2O. The summed E-state index contributed by atoms with van der Waals surface area (Å²) in [5, 5.41) is 10.5. The number of hydrogen-bond donors (Lipinski definition) is 3. The highest BCUT2D eigenvalue weighted by Gasteiger charge is 2.06. The zero-order valence-corrected chi connectivity index (χ0v) is 7.41. The summed E-state index contributed by atoms with van der Waals surface area (Å²) in [6.07, 6.45) is 0. The molecule has 3 heteroatoms. The number of fused-ring (bicyclic) bond motifs is 1. The average Bonchev–Trinajstić information content (AvgIpc) is 2.49. The molecule has 0 radical (unpaired) electrons. The molecule has 2 aromatic rings. The lowest BCUT2D eigenvalue weighted by molar-refractivity contribution is 0.480. The van der Waals surface area contributed by atoms with Crippen LogP contribution in [0.4, 0.5) is 0 Å². The number of phenols is 1. The van der Waals surface area contributed by atoms with Gasteiger partial charge >= 0.3 is 0 Å². The molecule has 0 bridgehead atoms. The van der Waals surface area contributed by atoms with Crippen molar-refractivity contribution in [1.29, 1.82) is 0 Å². The van der Waals surface area contributed by atoms with Gasteiger partial charge in [-0.3, -0.25) is 0 Å². The number of nitrogens with one attached hydrogen (secondary N) is 1. The smallest absolute Gasteiger partial charge is 0.139 e. The zero-order chi connectivity index (χ0) is 9.42. The molecule has 1 atom stereocenters. The summed E-state index contributed by atoms with van der Waals surface area (Å²) >= 11 is 0. The topological polar surface area (TPSA) is 62.0 Å². The molecule has 0 aliphatic carbocycles. The lowest BCUT2D eigenvalue weighted by Gasteiger charge is -1.98. The van der Waals surface area contributed by atoms with Gasteiger partial charge in [-0.25, -0.2) is 0 Å². The number of rotatable bonds is 1. The van der Waals surface area contributed by atoms with E-state index in [2.05, 4.69) is 4.98 Å². The fraction of sp³-hybridized carbons (Fsp3) is 0.200. The Morgan fingerprint density at radius 3 is 2.85 bits per heavy atom. The van der Waals surface area contributed by atoms with E-state index in [1.807, 2.05) is 25.1 Å². The van der Waals surface area contributed by atoms with Crippen LogP contribution in [0.1, 0.15) is 18.7 Å². The van der Waals surface area contributed by atoms with E-state index in [1.54, 1.807) is 6.07 Å². The number of aromatic nitrogens is 1. The number of aromatic hydroxyl groups is 1. The molecule has 0 amide bonds. The lowest BCUT2D eigenvalue weighted by Crippen LogP contribution is -2.04. The Kier molecular flexibility index (Phi) is 1.74. The minimum absolute atomic E-state index is 0.0354. The SMILES string of the molecule is C[C@H](N)c1cc2cccc(O)c2[nH]1. The third-order valence-electron chi connectivity index (χ3n) is 2.15. The van der Waals surface area contributed by atoms with Gasteiger partial charge in [0.25, 0.3) is 0 Å². The molecule has 0 unspecified atom stereocenters. The standard InChI is InChI=1S/C10H12N2O/c1-6(11)8-5-7-3-2-4-9(13)10(7)12-8/h2-6,12-13H,11H2,1H3/t6-/m0/s1. The summed E-state index contributed by atoms with van der Waals surface area (Å²) in [7, 11) is 0. The first-order valence-electron chi connectivity index (χ1n) is 4.24. The van der Waals surface area contributed by atoms with Crippen LogP contribution in [0.5, 0.6) is 5.75 Å². The summed E-state index contributed by atoms with van der Waals surface area (Å²) in [5.74, 6) is 0.268. The van der Waals surface area contributed by atoms with Crippen molar-refractivity contribution in [3.8, 4) is 5.75 Å². The molecule has 0 saturated carbocycles. The second kappa shape index (κ2) is 2.78. The van der Waals surface area contributed by atoms with Gasteiger partial charge < -0.3 is 15.8 Å². The first kappa shape index (κ1) is 8.13. The fourth-order valence-electron chi connectivity index (χ4n) is 1.41. The van der Waals surface area contributed by atoms with Gasteiger partial charge in [0.15, 0.2) is 0 Å². The van der Waals surface area contributed by atoms with E-state index in [0.717, 1.165) is 16.6 Å². The molecule has 0 aliphatic heterocycles. The second-order valence-electron chi connectivity index (χ2n) is 3.25. The molecule has 68 valence electrons. The van der Waals surface area contributed by atoms with Gasteiger partial charge in [0.05, 0.1) is 5.52 Å². The highest BCUT2D eigenvalue weighted by atomic mass is 16.3. The zero-order valence-electron chi connectivity index (χ0n) is 7.41. The molecule has 1 heterocycles. The molecule has 0 spiro atoms. The van der Waals surface area contributed by atoms with Crippen molar-refractivity contribution >= 4 is 10.9 Å². The van der Waals surface area contributed by atoms with Crippen LogP contribution in [0.3, 0.4) is 0 Å². The van der Waals surface area contributed by atoms with Crippen molar-refractivity contribution < 1.29 is 5.11 Å². The number of para-hydroxylation sites is 1. The van der Waals surface area contributed by atoms with Crippen molar-refractivity contribution in [1.82, 2.24) is 4.98 Å². The number of H-pyrrole nitrogens is 1. The Balaban J connectivity index is 2.68. The Hall–Kier alpha value is -1.48. The van der Waals surface area contributed by atoms with Crippen LogP contribution >= 0.6 is 0 Å². The highest BCUT2D eigenvalue weighted by Crippen LogP contribution is 2.25. The third-order valence-corrected chi connectivity index (χ3v) is 2.15. The van der Waals surface area contributed by atoms with Gasteiger partial charge in [-0.05, 0) is 19.1 Å². The Morgan fingerprint density at radius 2 is 2.23 bits per heavy atom.